The Morgan fingerprint density at radius 1 is 0.895 bits per heavy atom. The summed E-state index contributed by atoms with van der Waals surface area (Å²) in [6.07, 6.45) is 14.9. The van der Waals surface area contributed by atoms with Crippen LogP contribution in [-0.2, 0) is 14.2 Å². The van der Waals surface area contributed by atoms with Crippen molar-refractivity contribution in [1.29, 1.82) is 0 Å². The van der Waals surface area contributed by atoms with Crippen LogP contribution >= 0.6 is 0 Å². The molecule has 1 spiro atoms. The minimum absolute atomic E-state index is 0.0658. The number of esters is 1. The van der Waals surface area contributed by atoms with E-state index in [1.807, 2.05) is 24.4 Å². The molecule has 3 aromatic rings. The number of ether oxygens (including phenoxy) is 3. The Kier molecular flexibility index (Phi) is 9.82. The van der Waals surface area contributed by atoms with E-state index in [0.717, 1.165) is 44.2 Å². The maximum Gasteiger partial charge on any atom is 0.338 e. The van der Waals surface area contributed by atoms with E-state index in [1.54, 1.807) is 5.57 Å². The normalized spacial score (nSPS) is 37.9. The van der Waals surface area contributed by atoms with E-state index in [9.17, 15) is 4.79 Å². The summed E-state index contributed by atoms with van der Waals surface area (Å²) < 4.78 is 20.0. The summed E-state index contributed by atoms with van der Waals surface area (Å²) in [7, 11) is -3.76. The molecule has 0 radical (unpaired) electrons. The van der Waals surface area contributed by atoms with Gasteiger partial charge in [-0.05, 0) is 114 Å². The van der Waals surface area contributed by atoms with Crippen LogP contribution < -0.4 is 5.19 Å². The van der Waals surface area contributed by atoms with Crippen LogP contribution in [0.3, 0.4) is 0 Å². The monoisotopic (exact) mass is 801 g/mol. The second kappa shape index (κ2) is 14.1. The largest absolute Gasteiger partial charge is 0.458 e. The first kappa shape index (κ1) is 39.6. The Bertz CT molecular complexity index is 2090. The van der Waals surface area contributed by atoms with E-state index in [1.165, 1.54) is 47.0 Å². The molecule has 7 heteroatoms. The molecule has 304 valence electrons. The number of rotatable bonds is 6. The molecule has 5 fully saturated rings. The number of nitrogens with zero attached hydrogens (tertiary/aromatic N) is 1. The van der Waals surface area contributed by atoms with Gasteiger partial charge in [0.2, 0.25) is 0 Å². The molecule has 2 aliphatic heterocycles. The first-order valence-electron chi connectivity index (χ1n) is 22.4. The number of aromatic nitrogens is 1. The smallest absolute Gasteiger partial charge is 0.338 e. The highest BCUT2D eigenvalue weighted by molar-refractivity contribution is 7.07. The predicted octanol–water partition coefficient (Wildman–Crippen LogP) is 11.5. The molecule has 0 N–H and O–H groups in total. The SMILES string of the molecule is CC1CC[C@@]2(OC1)O[C@H]1C[C@H]3[C@@H]4CC=C5CC(OC(=O)c6ccc(/C(=C\[Si](C)(C)C)[Si](C)(C)c7cccc8cccnc78)cc6)CC[C@]5(C)[C@H]4CC[C@]3(C)[C@H]1[C@@H]2C. The maximum atomic E-state index is 13.8. The summed E-state index contributed by atoms with van der Waals surface area (Å²) in [6.45, 7) is 22.9. The number of benzene rings is 2. The predicted molar refractivity (Wildman–Crippen MR) is 238 cm³/mol. The Balaban J connectivity index is 0.885. The molecule has 4 aliphatic carbocycles. The number of allylic oxidation sites excluding steroid dienone is 1. The zero-order valence-electron chi connectivity index (χ0n) is 36.2. The number of fused-ring (bicyclic) bond motifs is 8. The molecular weight excluding hydrogens is 735 g/mol. The van der Waals surface area contributed by atoms with Crippen LogP contribution in [0.15, 0.2) is 78.1 Å². The van der Waals surface area contributed by atoms with Crippen LogP contribution in [0, 0.1) is 46.3 Å². The fourth-order valence-electron chi connectivity index (χ4n) is 13.6. The Labute approximate surface area is 344 Å². The van der Waals surface area contributed by atoms with Crippen LogP contribution in [-0.4, -0.2) is 51.7 Å². The third-order valence-corrected chi connectivity index (χ3v) is 21.6. The molecular formula is C50H67NO4Si2. The van der Waals surface area contributed by atoms with Crippen molar-refractivity contribution in [3.8, 4) is 0 Å². The molecule has 6 aliphatic rings. The number of hydrogen-bond donors (Lipinski definition) is 0. The first-order valence-corrected chi connectivity index (χ1v) is 29.0. The fraction of sp³-hybridized carbons (Fsp3) is 0.600. The number of carbonyl (C=O) groups excluding carboxylic acids is 1. The zero-order chi connectivity index (χ0) is 40.1. The van der Waals surface area contributed by atoms with Gasteiger partial charge < -0.3 is 14.2 Å². The number of para-hydroxylation sites is 1. The number of hydrogen-bond acceptors (Lipinski definition) is 5. The number of pyridine rings is 1. The van der Waals surface area contributed by atoms with E-state index >= 15 is 0 Å². The zero-order valence-corrected chi connectivity index (χ0v) is 38.2. The average Bonchev–Trinajstić information content (AvgIpc) is 3.63. The first-order chi connectivity index (χ1) is 27.0. The summed E-state index contributed by atoms with van der Waals surface area (Å²) >= 11 is 0. The van der Waals surface area contributed by atoms with Crippen LogP contribution in [0.25, 0.3) is 16.1 Å². The Morgan fingerprint density at radius 2 is 1.65 bits per heavy atom. The van der Waals surface area contributed by atoms with Crippen LogP contribution in [0.1, 0.15) is 101 Å². The summed E-state index contributed by atoms with van der Waals surface area (Å²) in [5.41, 5.74) is 7.61. The summed E-state index contributed by atoms with van der Waals surface area (Å²) in [4.78, 5) is 18.6. The van der Waals surface area contributed by atoms with Crippen molar-refractivity contribution in [3.63, 3.8) is 0 Å². The van der Waals surface area contributed by atoms with Crippen molar-refractivity contribution in [2.45, 2.75) is 136 Å². The fourth-order valence-corrected chi connectivity index (χ4v) is 19.8. The summed E-state index contributed by atoms with van der Waals surface area (Å²) in [5, 5.41) is 3.97. The third kappa shape index (κ3) is 6.60. The minimum atomic E-state index is -2.17. The van der Waals surface area contributed by atoms with Crippen molar-refractivity contribution in [2.24, 2.45) is 46.3 Å². The van der Waals surface area contributed by atoms with E-state index in [2.05, 4.69) is 109 Å². The quantitative estimate of drug-likeness (QED) is 0.141. The highest BCUT2D eigenvalue weighted by Crippen LogP contribution is 2.70. The van der Waals surface area contributed by atoms with Gasteiger partial charge in [-0.25, -0.2) is 4.79 Å². The van der Waals surface area contributed by atoms with Crippen LogP contribution in [0.4, 0.5) is 0 Å². The molecule has 1 aromatic heterocycles. The summed E-state index contributed by atoms with van der Waals surface area (Å²) in [5.74, 6) is 3.27. The van der Waals surface area contributed by atoms with Crippen molar-refractivity contribution in [1.82, 2.24) is 4.98 Å². The standard InChI is InChI=1S/C50H67NO4Si2/c1-32-21-26-50(53-30-32)33(2)45-42(55-50)29-41-39-20-19-37-28-38(22-24-48(37,3)40(39)23-25-49(41,45)4)54-47(52)36-17-15-34(16-18-36)44(31-56(5,6)7)57(8,9)43-14-10-12-35-13-11-27-51-46(35)43/h10-19,27,31-33,38-42,45H,20-26,28-30H2,1-9H3/b44-31+/t32?,33-,38?,39+,40-,41-,42-,45-,48-,49-,50+/m0/s1. The molecule has 11 atom stereocenters. The second-order valence-electron chi connectivity index (χ2n) is 21.6. The van der Waals surface area contributed by atoms with Gasteiger partial charge in [-0.2, -0.15) is 0 Å². The lowest BCUT2D eigenvalue weighted by Gasteiger charge is -2.58. The van der Waals surface area contributed by atoms with Gasteiger partial charge in [-0.3, -0.25) is 4.98 Å². The van der Waals surface area contributed by atoms with Gasteiger partial charge in [0, 0.05) is 30.3 Å². The van der Waals surface area contributed by atoms with Crippen molar-refractivity contribution in [3.05, 3.63) is 89.3 Å². The topological polar surface area (TPSA) is 57.7 Å². The lowest BCUT2D eigenvalue weighted by molar-refractivity contribution is -0.272. The second-order valence-corrected chi connectivity index (χ2v) is 30.9. The molecule has 57 heavy (non-hydrogen) atoms. The van der Waals surface area contributed by atoms with Crippen molar-refractivity contribution >= 4 is 43.4 Å². The van der Waals surface area contributed by atoms with Crippen LogP contribution in [0.2, 0.25) is 32.7 Å². The molecule has 5 nitrogen and oxygen atoms in total. The maximum absolute atomic E-state index is 13.8. The van der Waals surface area contributed by atoms with Crippen LogP contribution in [0.5, 0.6) is 0 Å². The average molecular weight is 802 g/mol. The molecule has 0 bridgehead atoms. The third-order valence-electron chi connectivity index (χ3n) is 16.6. The van der Waals surface area contributed by atoms with E-state index in [4.69, 9.17) is 19.2 Å². The highest BCUT2D eigenvalue weighted by Gasteiger charge is 2.68. The van der Waals surface area contributed by atoms with E-state index in [0.29, 0.717) is 52.6 Å². The molecule has 2 saturated heterocycles. The van der Waals surface area contributed by atoms with Crippen molar-refractivity contribution in [2.75, 3.05) is 6.61 Å². The van der Waals surface area contributed by atoms with Crippen molar-refractivity contribution < 1.29 is 19.0 Å². The van der Waals surface area contributed by atoms with E-state index in [-0.39, 0.29) is 23.3 Å². The minimum Gasteiger partial charge on any atom is -0.458 e. The Morgan fingerprint density at radius 3 is 2.39 bits per heavy atom. The molecule has 0 amide bonds. The molecule has 2 unspecified atom stereocenters. The molecule has 9 rings (SSSR count). The molecule has 2 aromatic carbocycles. The Hall–Kier alpha value is -2.85. The van der Waals surface area contributed by atoms with Gasteiger partial charge in [0.05, 0.1) is 31.9 Å². The van der Waals surface area contributed by atoms with Gasteiger partial charge in [0.15, 0.2) is 5.79 Å². The van der Waals surface area contributed by atoms with Gasteiger partial charge in [-0.15, -0.1) is 0 Å². The van der Waals surface area contributed by atoms with Gasteiger partial charge >= 0.3 is 5.97 Å². The molecule has 3 heterocycles. The van der Waals surface area contributed by atoms with Gasteiger partial charge in [0.1, 0.15) is 14.2 Å². The molecule has 3 saturated carbocycles. The lowest BCUT2D eigenvalue weighted by atomic mass is 9.47. The highest BCUT2D eigenvalue weighted by atomic mass is 28.3. The summed E-state index contributed by atoms with van der Waals surface area (Å²) in [6, 6.07) is 19.1. The number of carbonyl (C=O) groups is 1. The van der Waals surface area contributed by atoms with Gasteiger partial charge in [-0.1, -0.05) is 119 Å². The van der Waals surface area contributed by atoms with Gasteiger partial charge in [0.25, 0.3) is 0 Å². The lowest BCUT2D eigenvalue weighted by Crippen LogP contribution is -2.52. The van der Waals surface area contributed by atoms with E-state index < -0.39 is 16.1 Å².